The van der Waals surface area contributed by atoms with Gasteiger partial charge in [0.2, 0.25) is 5.91 Å². The van der Waals surface area contributed by atoms with Gasteiger partial charge in [-0.3, -0.25) is 4.79 Å². The predicted molar refractivity (Wildman–Crippen MR) is 104 cm³/mol. The van der Waals surface area contributed by atoms with Crippen molar-refractivity contribution in [3.05, 3.63) is 24.4 Å². The fraction of sp³-hybridized carbons (Fsp3) is 0.421. The van der Waals surface area contributed by atoms with Gasteiger partial charge in [0.15, 0.2) is 5.82 Å². The highest BCUT2D eigenvalue weighted by molar-refractivity contribution is 5.90. The maximum atomic E-state index is 13.3. The number of carbonyl (C=O) groups is 2. The minimum Gasteiger partial charge on any atom is -0.491 e. The Bertz CT molecular complexity index is 995. The van der Waals surface area contributed by atoms with Gasteiger partial charge in [-0.2, -0.15) is 0 Å². The van der Waals surface area contributed by atoms with Crippen molar-refractivity contribution in [2.75, 3.05) is 30.1 Å². The van der Waals surface area contributed by atoms with Gasteiger partial charge < -0.3 is 24.7 Å². The number of hydrogen-bond acceptors (Lipinski definition) is 6. The summed E-state index contributed by atoms with van der Waals surface area (Å²) in [5, 5.41) is 0. The van der Waals surface area contributed by atoms with Gasteiger partial charge in [0.05, 0.1) is 12.1 Å². The normalized spacial score (nSPS) is 18.9. The van der Waals surface area contributed by atoms with Crippen molar-refractivity contribution in [1.29, 1.82) is 0 Å². The molecule has 0 aliphatic carbocycles. The number of imidazole rings is 1. The van der Waals surface area contributed by atoms with E-state index in [0.717, 1.165) is 10.6 Å². The van der Waals surface area contributed by atoms with Crippen molar-refractivity contribution in [1.82, 2.24) is 9.55 Å². The quantitative estimate of drug-likeness (QED) is 0.790. The molecule has 4 rings (SSSR count). The SMILES string of the molecule is C[C@@H](C(N)=O)N(C)c1ccc2c(c1)OCCn1cc(N3C(=O)OC[C@H]3C(F)F)nc1-2. The summed E-state index contributed by atoms with van der Waals surface area (Å²) in [5.74, 6) is 0.664. The molecule has 0 unspecified atom stereocenters. The number of nitrogens with two attached hydrogens (primary N) is 1. The Morgan fingerprint density at radius 1 is 1.37 bits per heavy atom. The number of nitrogens with zero attached hydrogens (tertiary/aromatic N) is 4. The summed E-state index contributed by atoms with van der Waals surface area (Å²) in [7, 11) is 1.75. The highest BCUT2D eigenvalue weighted by Crippen LogP contribution is 2.37. The number of carbonyl (C=O) groups excluding carboxylic acids is 2. The van der Waals surface area contributed by atoms with Crippen LogP contribution >= 0.6 is 0 Å². The molecular formula is C19H21F2N5O4. The van der Waals surface area contributed by atoms with Gasteiger partial charge in [0.25, 0.3) is 6.43 Å². The van der Waals surface area contributed by atoms with Crippen molar-refractivity contribution in [3.63, 3.8) is 0 Å². The third-order valence-corrected chi connectivity index (χ3v) is 5.40. The van der Waals surface area contributed by atoms with Crippen LogP contribution in [0, 0.1) is 0 Å². The van der Waals surface area contributed by atoms with Crippen LogP contribution in [0.25, 0.3) is 11.4 Å². The zero-order chi connectivity index (χ0) is 21.6. The molecule has 2 N–H and O–H groups in total. The van der Waals surface area contributed by atoms with Crippen LogP contribution in [0.5, 0.6) is 5.75 Å². The lowest BCUT2D eigenvalue weighted by Gasteiger charge is -2.25. The van der Waals surface area contributed by atoms with E-state index < -0.39 is 30.5 Å². The van der Waals surface area contributed by atoms with E-state index in [4.69, 9.17) is 15.2 Å². The Kier molecular flexibility index (Phi) is 4.96. The molecule has 1 aromatic heterocycles. The Labute approximate surface area is 171 Å². The number of primary amides is 1. The van der Waals surface area contributed by atoms with Gasteiger partial charge in [0, 0.05) is 25.0 Å². The first-order valence-corrected chi connectivity index (χ1v) is 9.38. The second kappa shape index (κ2) is 7.47. The van der Waals surface area contributed by atoms with Crippen LogP contribution in [-0.4, -0.2) is 60.3 Å². The van der Waals surface area contributed by atoms with Gasteiger partial charge >= 0.3 is 6.09 Å². The molecule has 0 bridgehead atoms. The molecule has 1 saturated heterocycles. The van der Waals surface area contributed by atoms with Crippen LogP contribution in [0.2, 0.25) is 0 Å². The van der Waals surface area contributed by atoms with E-state index in [-0.39, 0.29) is 12.4 Å². The molecule has 3 heterocycles. The highest BCUT2D eigenvalue weighted by Gasteiger charge is 2.42. The van der Waals surface area contributed by atoms with E-state index in [9.17, 15) is 18.4 Å². The molecule has 1 aromatic carbocycles. The number of likely N-dealkylation sites (N-methyl/N-ethyl adjacent to an activating group) is 1. The molecule has 9 nitrogen and oxygen atoms in total. The van der Waals surface area contributed by atoms with E-state index >= 15 is 0 Å². The fourth-order valence-corrected chi connectivity index (χ4v) is 3.49. The van der Waals surface area contributed by atoms with Gasteiger partial charge in [0.1, 0.15) is 36.9 Å². The van der Waals surface area contributed by atoms with Crippen molar-refractivity contribution >= 4 is 23.5 Å². The molecule has 0 spiro atoms. The van der Waals surface area contributed by atoms with E-state index in [1.165, 1.54) is 0 Å². The van der Waals surface area contributed by atoms with Crippen LogP contribution in [-0.2, 0) is 16.1 Å². The van der Waals surface area contributed by atoms with E-state index in [0.29, 0.717) is 30.3 Å². The summed E-state index contributed by atoms with van der Waals surface area (Å²) in [6.45, 7) is 2.05. The Morgan fingerprint density at radius 3 is 2.83 bits per heavy atom. The number of cyclic esters (lactones) is 1. The maximum Gasteiger partial charge on any atom is 0.416 e. The molecule has 2 atom stereocenters. The van der Waals surface area contributed by atoms with E-state index in [2.05, 4.69) is 4.98 Å². The van der Waals surface area contributed by atoms with Crippen molar-refractivity contribution in [2.45, 2.75) is 32.0 Å². The van der Waals surface area contributed by atoms with Crippen LogP contribution in [0.1, 0.15) is 6.92 Å². The molecule has 2 aliphatic rings. The third kappa shape index (κ3) is 3.29. The summed E-state index contributed by atoms with van der Waals surface area (Å²) >= 11 is 0. The molecular weight excluding hydrogens is 400 g/mol. The maximum absolute atomic E-state index is 13.3. The van der Waals surface area contributed by atoms with Crippen LogP contribution in [0.3, 0.4) is 0 Å². The molecule has 2 aliphatic heterocycles. The van der Waals surface area contributed by atoms with Gasteiger partial charge in [-0.1, -0.05) is 0 Å². The third-order valence-electron chi connectivity index (χ3n) is 5.40. The van der Waals surface area contributed by atoms with Gasteiger partial charge in [-0.25, -0.2) is 23.5 Å². The molecule has 0 saturated carbocycles. The smallest absolute Gasteiger partial charge is 0.416 e. The molecule has 2 amide bonds. The monoisotopic (exact) mass is 421 g/mol. The summed E-state index contributed by atoms with van der Waals surface area (Å²) < 4.78 is 39.0. The molecule has 11 heteroatoms. The minimum absolute atomic E-state index is 0.106. The number of ether oxygens (including phenoxy) is 2. The topological polar surface area (TPSA) is 103 Å². The fourth-order valence-electron chi connectivity index (χ4n) is 3.49. The van der Waals surface area contributed by atoms with Crippen LogP contribution in [0.15, 0.2) is 24.4 Å². The van der Waals surface area contributed by atoms with Crippen LogP contribution < -0.4 is 20.3 Å². The number of halogens is 2. The summed E-state index contributed by atoms with van der Waals surface area (Å²) in [6.07, 6.45) is -2.05. The number of alkyl halides is 2. The summed E-state index contributed by atoms with van der Waals surface area (Å²) in [6, 6.07) is 3.44. The van der Waals surface area contributed by atoms with Crippen molar-refractivity contribution < 1.29 is 27.8 Å². The Hall–Kier alpha value is -3.37. The lowest BCUT2D eigenvalue weighted by Crippen LogP contribution is -2.40. The number of rotatable bonds is 5. The second-order valence-corrected chi connectivity index (χ2v) is 7.18. The zero-order valence-corrected chi connectivity index (χ0v) is 16.4. The Morgan fingerprint density at radius 2 is 2.13 bits per heavy atom. The van der Waals surface area contributed by atoms with Crippen LogP contribution in [0.4, 0.5) is 25.1 Å². The number of anilines is 2. The zero-order valence-electron chi connectivity index (χ0n) is 16.4. The largest absolute Gasteiger partial charge is 0.491 e. The van der Waals surface area contributed by atoms with E-state index in [1.54, 1.807) is 47.8 Å². The first-order chi connectivity index (χ1) is 14.3. The summed E-state index contributed by atoms with van der Waals surface area (Å²) in [4.78, 5) is 30.6. The number of amides is 2. The molecule has 0 radical (unpaired) electrons. The average molecular weight is 421 g/mol. The number of benzene rings is 1. The van der Waals surface area contributed by atoms with Crippen molar-refractivity contribution in [2.24, 2.45) is 5.73 Å². The minimum atomic E-state index is -2.75. The molecule has 1 fully saturated rings. The Balaban J connectivity index is 1.71. The first-order valence-electron chi connectivity index (χ1n) is 9.38. The number of hydrogen-bond donors (Lipinski definition) is 1. The van der Waals surface area contributed by atoms with Gasteiger partial charge in [-0.05, 0) is 19.1 Å². The first kappa shape index (κ1) is 19.9. The summed E-state index contributed by atoms with van der Waals surface area (Å²) in [5.41, 5.74) is 6.75. The molecule has 30 heavy (non-hydrogen) atoms. The number of aromatic nitrogens is 2. The highest BCUT2D eigenvalue weighted by atomic mass is 19.3. The lowest BCUT2D eigenvalue weighted by atomic mass is 10.1. The predicted octanol–water partition coefficient (Wildman–Crippen LogP) is 1.84. The van der Waals surface area contributed by atoms with Gasteiger partial charge in [-0.15, -0.1) is 0 Å². The molecule has 160 valence electrons. The van der Waals surface area contributed by atoms with Crippen molar-refractivity contribution in [3.8, 4) is 17.1 Å². The molecule has 2 aromatic rings. The second-order valence-electron chi connectivity index (χ2n) is 7.18. The van der Waals surface area contributed by atoms with E-state index in [1.807, 2.05) is 0 Å². The standard InChI is InChI=1S/C19H21F2N5O4/c1-10(17(22)27)24(2)11-3-4-12-14(7-11)29-6-5-25-8-15(23-18(12)25)26-13(16(20)21)9-30-19(26)28/h3-4,7-8,10,13,16H,5-6,9H2,1-2H3,(H2,22,27)/t10-,13-/m0/s1. The lowest BCUT2D eigenvalue weighted by molar-refractivity contribution is -0.118. The average Bonchev–Trinajstić information content (AvgIpc) is 3.25. The number of fused-ring (bicyclic) bond motifs is 3.